The zero-order valence-corrected chi connectivity index (χ0v) is 18.6. The summed E-state index contributed by atoms with van der Waals surface area (Å²) in [5.74, 6) is 0.848. The van der Waals surface area contributed by atoms with Crippen LogP contribution in [0.15, 0.2) is 30.5 Å². The standard InChI is InChI=1S/C19H23IN4O2S/c1-13-7-9-23(22-13)10-11-26-16-4-5-19-18(12-16)17(6-8-21-15(3)25)14(2)24(19)27-20/h4-5,7,9,12H,6,8,10-11H2,1-3H3,(H,21,25). The number of aromatic nitrogens is 3. The molecule has 2 heterocycles. The smallest absolute Gasteiger partial charge is 0.216 e. The van der Waals surface area contributed by atoms with E-state index >= 15 is 0 Å². The third-order valence-electron chi connectivity index (χ3n) is 4.43. The minimum Gasteiger partial charge on any atom is -0.492 e. The van der Waals surface area contributed by atoms with Gasteiger partial charge in [0.2, 0.25) is 5.91 Å². The highest BCUT2D eigenvalue weighted by molar-refractivity contribution is 14.2. The van der Waals surface area contributed by atoms with Crippen LogP contribution in [-0.4, -0.2) is 32.8 Å². The summed E-state index contributed by atoms with van der Waals surface area (Å²) in [6.07, 6.45) is 2.76. The van der Waals surface area contributed by atoms with Gasteiger partial charge in [-0.3, -0.25) is 13.4 Å². The molecule has 1 amide bonds. The average molecular weight is 498 g/mol. The SMILES string of the molecule is CC(=O)NCCc1c(C)n(SI)c2ccc(OCCn3ccc(C)n3)cc12. The van der Waals surface area contributed by atoms with Crippen molar-refractivity contribution in [2.24, 2.45) is 0 Å². The Hall–Kier alpha value is -1.68. The summed E-state index contributed by atoms with van der Waals surface area (Å²) < 4.78 is 10.1. The van der Waals surface area contributed by atoms with E-state index in [2.05, 4.69) is 54.6 Å². The lowest BCUT2D eigenvalue weighted by atomic mass is 10.1. The summed E-state index contributed by atoms with van der Waals surface area (Å²) in [6.45, 7) is 7.55. The fourth-order valence-corrected chi connectivity index (χ4v) is 5.10. The Bertz CT molecular complexity index is 951. The average Bonchev–Trinajstić information content (AvgIpc) is 3.16. The Labute approximate surface area is 175 Å². The molecule has 3 rings (SSSR count). The van der Waals surface area contributed by atoms with Gasteiger partial charge in [-0.15, -0.1) is 0 Å². The molecule has 0 fully saturated rings. The van der Waals surface area contributed by atoms with Gasteiger partial charge in [-0.2, -0.15) is 5.10 Å². The molecule has 6 nitrogen and oxygen atoms in total. The number of carbonyl (C=O) groups excluding carboxylic acids is 1. The highest BCUT2D eigenvalue weighted by Gasteiger charge is 2.15. The van der Waals surface area contributed by atoms with Crippen molar-refractivity contribution in [2.75, 3.05) is 13.2 Å². The maximum atomic E-state index is 11.2. The van der Waals surface area contributed by atoms with Crippen molar-refractivity contribution >= 4 is 47.1 Å². The van der Waals surface area contributed by atoms with Crippen molar-refractivity contribution < 1.29 is 9.53 Å². The number of benzene rings is 1. The Balaban J connectivity index is 1.78. The first-order valence-corrected chi connectivity index (χ1v) is 12.1. The van der Waals surface area contributed by atoms with Crippen LogP contribution in [-0.2, 0) is 17.8 Å². The molecule has 0 radical (unpaired) electrons. The lowest BCUT2D eigenvalue weighted by Crippen LogP contribution is -2.22. The van der Waals surface area contributed by atoms with E-state index in [9.17, 15) is 4.79 Å². The zero-order valence-electron chi connectivity index (χ0n) is 15.7. The lowest BCUT2D eigenvalue weighted by molar-refractivity contribution is -0.118. The summed E-state index contributed by atoms with van der Waals surface area (Å²) >= 11 is 2.30. The number of fused-ring (bicyclic) bond motifs is 1. The predicted octanol–water partition coefficient (Wildman–Crippen LogP) is 4.06. The second-order valence-electron chi connectivity index (χ2n) is 6.41. The number of hydrogen-bond donors (Lipinski definition) is 1. The number of nitrogens with one attached hydrogen (secondary N) is 1. The molecule has 2 aromatic heterocycles. The number of aryl methyl sites for hydroxylation is 1. The Morgan fingerprint density at radius 1 is 1.33 bits per heavy atom. The van der Waals surface area contributed by atoms with Crippen LogP contribution in [0.25, 0.3) is 10.9 Å². The van der Waals surface area contributed by atoms with Crippen LogP contribution in [0.4, 0.5) is 0 Å². The normalized spacial score (nSPS) is 11.1. The van der Waals surface area contributed by atoms with E-state index < -0.39 is 0 Å². The topological polar surface area (TPSA) is 61.1 Å². The fraction of sp³-hybridized carbons (Fsp3) is 0.368. The first kappa shape index (κ1) is 20.1. The van der Waals surface area contributed by atoms with E-state index in [-0.39, 0.29) is 5.91 Å². The third kappa shape index (κ3) is 4.78. The van der Waals surface area contributed by atoms with Gasteiger partial charge < -0.3 is 10.1 Å². The molecular weight excluding hydrogens is 475 g/mol. The predicted molar refractivity (Wildman–Crippen MR) is 119 cm³/mol. The molecule has 27 heavy (non-hydrogen) atoms. The molecule has 1 N–H and O–H groups in total. The third-order valence-corrected chi connectivity index (χ3v) is 6.22. The van der Waals surface area contributed by atoms with Crippen LogP contribution in [0.3, 0.4) is 0 Å². The molecule has 3 aromatic rings. The molecule has 0 aliphatic heterocycles. The number of nitrogens with zero attached hydrogens (tertiary/aromatic N) is 3. The fourth-order valence-electron chi connectivity index (χ4n) is 3.13. The van der Waals surface area contributed by atoms with Gasteiger partial charge in [0.25, 0.3) is 0 Å². The van der Waals surface area contributed by atoms with E-state index in [0.717, 1.165) is 17.9 Å². The van der Waals surface area contributed by atoms with Gasteiger partial charge in [-0.25, -0.2) is 0 Å². The van der Waals surface area contributed by atoms with Crippen molar-refractivity contribution in [2.45, 2.75) is 33.7 Å². The molecule has 0 aliphatic carbocycles. The van der Waals surface area contributed by atoms with Crippen LogP contribution >= 0.6 is 30.3 Å². The van der Waals surface area contributed by atoms with Crippen molar-refractivity contribution in [1.29, 1.82) is 0 Å². The minimum absolute atomic E-state index is 0.00228. The van der Waals surface area contributed by atoms with Gasteiger partial charge in [0.1, 0.15) is 12.4 Å². The quantitative estimate of drug-likeness (QED) is 0.476. The molecular formula is C19H23IN4O2S. The minimum atomic E-state index is -0.00228. The maximum absolute atomic E-state index is 11.2. The number of rotatable bonds is 8. The second kappa shape index (κ2) is 9.01. The first-order chi connectivity index (χ1) is 13.0. The van der Waals surface area contributed by atoms with E-state index in [1.807, 2.05) is 29.9 Å². The van der Waals surface area contributed by atoms with Crippen LogP contribution in [0, 0.1) is 13.8 Å². The molecule has 0 atom stereocenters. The number of hydrogen-bond acceptors (Lipinski definition) is 4. The van der Waals surface area contributed by atoms with E-state index in [4.69, 9.17) is 4.74 Å². The maximum Gasteiger partial charge on any atom is 0.216 e. The molecule has 144 valence electrons. The monoisotopic (exact) mass is 498 g/mol. The molecule has 1 aromatic carbocycles. The van der Waals surface area contributed by atoms with Gasteiger partial charge >= 0.3 is 0 Å². The first-order valence-electron chi connectivity index (χ1n) is 8.80. The number of carbonyl (C=O) groups is 1. The highest BCUT2D eigenvalue weighted by atomic mass is 127. The van der Waals surface area contributed by atoms with Gasteiger partial charge in [0.05, 0.1) is 17.8 Å². The van der Waals surface area contributed by atoms with Gasteiger partial charge in [-0.1, -0.05) is 0 Å². The summed E-state index contributed by atoms with van der Waals surface area (Å²) in [5.41, 5.74) is 4.63. The number of ether oxygens (including phenoxy) is 1. The van der Waals surface area contributed by atoms with Gasteiger partial charge in [0, 0.05) is 61.1 Å². The van der Waals surface area contributed by atoms with E-state index in [0.29, 0.717) is 19.7 Å². The van der Waals surface area contributed by atoms with Gasteiger partial charge in [0.15, 0.2) is 0 Å². The number of amides is 1. The van der Waals surface area contributed by atoms with Crippen LogP contribution < -0.4 is 10.1 Å². The lowest BCUT2D eigenvalue weighted by Gasteiger charge is -2.08. The molecule has 0 bridgehead atoms. The van der Waals surface area contributed by atoms with Crippen molar-refractivity contribution in [3.63, 3.8) is 0 Å². The van der Waals surface area contributed by atoms with Gasteiger partial charge in [-0.05, 0) is 50.1 Å². The highest BCUT2D eigenvalue weighted by Crippen LogP contribution is 2.34. The van der Waals surface area contributed by atoms with Crippen LogP contribution in [0.1, 0.15) is 23.9 Å². The van der Waals surface area contributed by atoms with Crippen molar-refractivity contribution in [3.8, 4) is 5.75 Å². The molecule has 0 spiro atoms. The van der Waals surface area contributed by atoms with E-state index in [1.54, 1.807) is 16.0 Å². The molecule has 0 unspecified atom stereocenters. The molecule has 0 saturated carbocycles. The van der Waals surface area contributed by atoms with E-state index in [1.165, 1.54) is 22.2 Å². The molecule has 0 saturated heterocycles. The second-order valence-corrected chi connectivity index (χ2v) is 8.09. The van der Waals surface area contributed by atoms with Crippen LogP contribution in [0.2, 0.25) is 0 Å². The summed E-state index contributed by atoms with van der Waals surface area (Å²) in [7, 11) is 1.66. The summed E-state index contributed by atoms with van der Waals surface area (Å²) in [4.78, 5) is 11.2. The zero-order chi connectivity index (χ0) is 19.4. The Morgan fingerprint density at radius 2 is 2.15 bits per heavy atom. The Kier molecular flexibility index (Phi) is 6.69. The largest absolute Gasteiger partial charge is 0.492 e. The van der Waals surface area contributed by atoms with Crippen molar-refractivity contribution in [3.05, 3.63) is 47.4 Å². The number of halogens is 1. The molecule has 8 heteroatoms. The van der Waals surface area contributed by atoms with Crippen molar-refractivity contribution in [1.82, 2.24) is 19.1 Å². The van der Waals surface area contributed by atoms with Crippen LogP contribution in [0.5, 0.6) is 5.75 Å². The summed E-state index contributed by atoms with van der Waals surface area (Å²) in [6, 6.07) is 8.20. The Morgan fingerprint density at radius 3 is 2.81 bits per heavy atom. The summed E-state index contributed by atoms with van der Waals surface area (Å²) in [5, 5.41) is 8.43. The molecule has 0 aliphatic rings.